The van der Waals surface area contributed by atoms with Gasteiger partial charge in [0.1, 0.15) is 11.6 Å². The molecule has 3 N–H and O–H groups in total. The zero-order valence-electron chi connectivity index (χ0n) is 10.5. The number of nitrogens with two attached hydrogens (primary N) is 1. The molecule has 0 radical (unpaired) electrons. The second-order valence-corrected chi connectivity index (χ2v) is 4.66. The Morgan fingerprint density at radius 3 is 2.89 bits per heavy atom. The maximum Gasteiger partial charge on any atom is 0.230 e. The maximum absolute atomic E-state index is 7.52. The Morgan fingerprint density at radius 2 is 2.05 bits per heavy atom. The Hall–Kier alpha value is -2.36. The van der Waals surface area contributed by atoms with Gasteiger partial charge in [0.05, 0.1) is 5.56 Å². The molecule has 1 aromatic carbocycles. The number of nitrogen functional groups attached to an aromatic ring is 1. The molecule has 0 saturated carbocycles. The van der Waals surface area contributed by atoms with Crippen LogP contribution in [0.25, 0.3) is 0 Å². The molecule has 0 amide bonds. The molecule has 1 aliphatic carbocycles. The Balaban J connectivity index is 1.91. The number of amidine groups is 1. The zero-order chi connectivity index (χ0) is 13.2. The average molecular weight is 253 g/mol. The number of benzene rings is 1. The predicted octanol–water partition coefficient (Wildman–Crippen LogP) is 2.65. The molecule has 2 aromatic rings. The van der Waals surface area contributed by atoms with Crippen molar-refractivity contribution in [1.82, 2.24) is 4.98 Å². The predicted molar refractivity (Wildman–Crippen MR) is 73.8 cm³/mol. The topological polar surface area (TPSA) is 72.0 Å². The fraction of sp³-hybridized carbons (Fsp3) is 0.200. The summed E-state index contributed by atoms with van der Waals surface area (Å²) in [7, 11) is 0. The summed E-state index contributed by atoms with van der Waals surface area (Å²) in [6, 6.07) is 9.59. The highest BCUT2D eigenvalue weighted by molar-refractivity contribution is 5.97. The third-order valence-electron chi connectivity index (χ3n) is 3.35. The smallest absolute Gasteiger partial charge is 0.230 e. The van der Waals surface area contributed by atoms with E-state index in [1.54, 1.807) is 18.3 Å². The van der Waals surface area contributed by atoms with Crippen LogP contribution < -0.4 is 10.5 Å². The molecule has 19 heavy (non-hydrogen) atoms. The van der Waals surface area contributed by atoms with Crippen LogP contribution in [0.4, 0.5) is 0 Å². The van der Waals surface area contributed by atoms with Crippen molar-refractivity contribution in [3.8, 4) is 11.6 Å². The highest BCUT2D eigenvalue weighted by atomic mass is 16.5. The normalized spacial score (nSPS) is 13.1. The van der Waals surface area contributed by atoms with Gasteiger partial charge in [-0.25, -0.2) is 4.98 Å². The van der Waals surface area contributed by atoms with Gasteiger partial charge in [-0.1, -0.05) is 6.07 Å². The van der Waals surface area contributed by atoms with E-state index in [9.17, 15) is 0 Å². The number of nitrogens with one attached hydrogen (secondary N) is 1. The van der Waals surface area contributed by atoms with Crippen molar-refractivity contribution >= 4 is 5.84 Å². The van der Waals surface area contributed by atoms with Gasteiger partial charge in [0.25, 0.3) is 0 Å². The third-order valence-corrected chi connectivity index (χ3v) is 3.35. The fourth-order valence-electron chi connectivity index (χ4n) is 2.40. The van der Waals surface area contributed by atoms with Gasteiger partial charge in [-0.3, -0.25) is 5.41 Å². The Kier molecular flexibility index (Phi) is 2.91. The van der Waals surface area contributed by atoms with Crippen LogP contribution in [0.2, 0.25) is 0 Å². The first kappa shape index (κ1) is 11.7. The molecule has 4 nitrogen and oxygen atoms in total. The van der Waals surface area contributed by atoms with Crippen molar-refractivity contribution in [2.75, 3.05) is 0 Å². The maximum atomic E-state index is 7.52. The van der Waals surface area contributed by atoms with Gasteiger partial charge >= 0.3 is 0 Å². The van der Waals surface area contributed by atoms with Crippen molar-refractivity contribution in [2.24, 2.45) is 5.73 Å². The molecule has 0 atom stereocenters. The number of nitrogens with zero attached hydrogens (tertiary/aromatic N) is 1. The van der Waals surface area contributed by atoms with Gasteiger partial charge < -0.3 is 10.5 Å². The van der Waals surface area contributed by atoms with Crippen LogP contribution in [0.5, 0.6) is 11.6 Å². The van der Waals surface area contributed by atoms with Crippen LogP contribution in [0.3, 0.4) is 0 Å². The van der Waals surface area contributed by atoms with Gasteiger partial charge in [-0.2, -0.15) is 0 Å². The third kappa shape index (κ3) is 2.29. The number of aryl methyl sites for hydroxylation is 2. The lowest BCUT2D eigenvalue weighted by Gasteiger charge is -2.09. The summed E-state index contributed by atoms with van der Waals surface area (Å²) < 4.78 is 5.76. The van der Waals surface area contributed by atoms with E-state index in [1.807, 2.05) is 6.07 Å². The van der Waals surface area contributed by atoms with Crippen molar-refractivity contribution in [3.63, 3.8) is 0 Å². The summed E-state index contributed by atoms with van der Waals surface area (Å²) in [5, 5.41) is 7.52. The van der Waals surface area contributed by atoms with Gasteiger partial charge in [-0.15, -0.1) is 0 Å². The zero-order valence-corrected chi connectivity index (χ0v) is 10.5. The minimum atomic E-state index is -0.0377. The summed E-state index contributed by atoms with van der Waals surface area (Å²) in [5.74, 6) is 1.10. The summed E-state index contributed by atoms with van der Waals surface area (Å²) in [5.41, 5.74) is 8.79. The number of ether oxygens (including phenoxy) is 1. The lowest BCUT2D eigenvalue weighted by Crippen LogP contribution is -2.12. The number of pyridine rings is 1. The quantitative estimate of drug-likeness (QED) is 0.652. The first-order valence-electron chi connectivity index (χ1n) is 6.33. The number of hydrogen-bond acceptors (Lipinski definition) is 3. The molecule has 0 aliphatic heterocycles. The van der Waals surface area contributed by atoms with Crippen LogP contribution in [-0.4, -0.2) is 10.8 Å². The van der Waals surface area contributed by atoms with Crippen LogP contribution in [0, 0.1) is 5.41 Å². The lowest BCUT2D eigenvalue weighted by atomic mass is 10.1. The standard InChI is InChI=1S/C15H15N3O/c16-14(17)13-5-2-8-18-15(13)19-12-7-6-10-3-1-4-11(10)9-12/h2,5-9H,1,3-4H2,(H3,16,17). The summed E-state index contributed by atoms with van der Waals surface area (Å²) in [4.78, 5) is 4.15. The van der Waals surface area contributed by atoms with E-state index >= 15 is 0 Å². The molecule has 0 saturated heterocycles. The van der Waals surface area contributed by atoms with Gasteiger partial charge in [0.15, 0.2) is 0 Å². The fourth-order valence-corrected chi connectivity index (χ4v) is 2.40. The second kappa shape index (κ2) is 4.72. The molecule has 1 aromatic heterocycles. The molecule has 3 rings (SSSR count). The molecule has 4 heteroatoms. The summed E-state index contributed by atoms with van der Waals surface area (Å²) in [6.07, 6.45) is 5.10. The van der Waals surface area contributed by atoms with Gasteiger partial charge in [0.2, 0.25) is 5.88 Å². The van der Waals surface area contributed by atoms with E-state index in [4.69, 9.17) is 15.9 Å². The van der Waals surface area contributed by atoms with E-state index < -0.39 is 0 Å². The van der Waals surface area contributed by atoms with Crippen LogP contribution in [0.15, 0.2) is 36.5 Å². The van der Waals surface area contributed by atoms with E-state index in [1.165, 1.54) is 17.5 Å². The number of rotatable bonds is 3. The Labute approximate surface area is 111 Å². The molecular weight excluding hydrogens is 238 g/mol. The molecule has 96 valence electrons. The molecule has 0 unspecified atom stereocenters. The molecule has 1 heterocycles. The molecule has 0 fully saturated rings. The van der Waals surface area contributed by atoms with Gasteiger partial charge in [0, 0.05) is 6.20 Å². The van der Waals surface area contributed by atoms with Gasteiger partial charge in [-0.05, 0) is 54.7 Å². The Morgan fingerprint density at radius 1 is 1.21 bits per heavy atom. The minimum absolute atomic E-state index is 0.0377. The van der Waals surface area contributed by atoms with Crippen LogP contribution >= 0.6 is 0 Å². The highest BCUT2D eigenvalue weighted by Crippen LogP contribution is 2.29. The Bertz CT molecular complexity index is 637. The van der Waals surface area contributed by atoms with Crippen LogP contribution in [-0.2, 0) is 12.8 Å². The van der Waals surface area contributed by atoms with E-state index in [-0.39, 0.29) is 5.84 Å². The lowest BCUT2D eigenvalue weighted by molar-refractivity contribution is 0.461. The number of fused-ring (bicyclic) bond motifs is 1. The van der Waals surface area contributed by atoms with E-state index in [0.717, 1.165) is 18.6 Å². The first-order valence-corrected chi connectivity index (χ1v) is 6.33. The molecule has 0 spiro atoms. The SMILES string of the molecule is N=C(N)c1cccnc1Oc1ccc2c(c1)CCC2. The monoisotopic (exact) mass is 253 g/mol. The summed E-state index contributed by atoms with van der Waals surface area (Å²) in [6.45, 7) is 0. The minimum Gasteiger partial charge on any atom is -0.438 e. The number of hydrogen-bond donors (Lipinski definition) is 2. The molecular formula is C15H15N3O. The number of aromatic nitrogens is 1. The summed E-state index contributed by atoms with van der Waals surface area (Å²) >= 11 is 0. The van der Waals surface area contributed by atoms with Crippen molar-refractivity contribution < 1.29 is 4.74 Å². The average Bonchev–Trinajstić information content (AvgIpc) is 2.86. The van der Waals surface area contributed by atoms with Crippen LogP contribution in [0.1, 0.15) is 23.1 Å². The second-order valence-electron chi connectivity index (χ2n) is 4.66. The van der Waals surface area contributed by atoms with E-state index in [2.05, 4.69) is 17.1 Å². The molecule has 1 aliphatic rings. The largest absolute Gasteiger partial charge is 0.438 e. The van der Waals surface area contributed by atoms with Crippen molar-refractivity contribution in [2.45, 2.75) is 19.3 Å². The highest BCUT2D eigenvalue weighted by Gasteiger charge is 2.13. The molecule has 0 bridgehead atoms. The van der Waals surface area contributed by atoms with Crippen molar-refractivity contribution in [3.05, 3.63) is 53.2 Å². The van der Waals surface area contributed by atoms with E-state index in [0.29, 0.717) is 11.4 Å². The first-order chi connectivity index (χ1) is 9.24. The van der Waals surface area contributed by atoms with Crippen molar-refractivity contribution in [1.29, 1.82) is 5.41 Å².